The second-order valence-corrected chi connectivity index (χ2v) is 11.8. The number of hydrogen-bond donors (Lipinski definition) is 4. The number of aliphatic hydroxyl groups excluding tert-OH is 1. The largest absolute Gasteiger partial charge is 0.393 e. The van der Waals surface area contributed by atoms with E-state index in [2.05, 4.69) is 15.2 Å². The van der Waals surface area contributed by atoms with E-state index in [4.69, 9.17) is 4.98 Å². The van der Waals surface area contributed by atoms with Gasteiger partial charge in [0.15, 0.2) is 0 Å². The lowest BCUT2D eigenvalue weighted by Crippen LogP contribution is -2.46. The first-order valence-electron chi connectivity index (χ1n) is 13.8. The van der Waals surface area contributed by atoms with Gasteiger partial charge in [0.1, 0.15) is 23.1 Å². The van der Waals surface area contributed by atoms with Crippen LogP contribution in [-0.4, -0.2) is 56.2 Å². The Labute approximate surface area is 232 Å². The summed E-state index contributed by atoms with van der Waals surface area (Å²) in [4.78, 5) is 11.6. The summed E-state index contributed by atoms with van der Waals surface area (Å²) in [7, 11) is 0. The van der Waals surface area contributed by atoms with Gasteiger partial charge in [0.25, 0.3) is 0 Å². The average Bonchev–Trinajstić information content (AvgIpc) is 3.39. The Hall–Kier alpha value is -2.95. The van der Waals surface area contributed by atoms with E-state index in [0.29, 0.717) is 37.6 Å². The predicted molar refractivity (Wildman–Crippen MR) is 148 cm³/mol. The highest BCUT2D eigenvalue weighted by Crippen LogP contribution is 2.43. The molecule has 0 amide bonds. The number of hydrogen-bond acceptors (Lipinski definition) is 7. The van der Waals surface area contributed by atoms with Crippen LogP contribution in [0.5, 0.6) is 0 Å². The summed E-state index contributed by atoms with van der Waals surface area (Å²) in [6.45, 7) is 6.30. The van der Waals surface area contributed by atoms with Crippen LogP contribution in [0.25, 0.3) is 10.9 Å². The second-order valence-electron chi connectivity index (χ2n) is 11.8. The number of piperidine rings is 1. The Morgan fingerprint density at radius 3 is 2.45 bits per heavy atom. The lowest BCUT2D eigenvalue weighted by Gasteiger charge is -2.39. The Morgan fingerprint density at radius 2 is 1.80 bits per heavy atom. The first kappa shape index (κ1) is 28.6. The van der Waals surface area contributed by atoms with Crippen LogP contribution >= 0.6 is 0 Å². The third-order valence-electron chi connectivity index (χ3n) is 8.44. The first-order valence-corrected chi connectivity index (χ1v) is 13.8. The topological polar surface area (TPSA) is 102 Å². The molecule has 0 unspecified atom stereocenters. The number of nitrogens with one attached hydrogen (secondary N) is 1. The number of anilines is 2. The molecule has 2 heterocycles. The number of fused-ring (bicyclic) bond motifs is 3. The van der Waals surface area contributed by atoms with Gasteiger partial charge in [-0.2, -0.15) is 8.78 Å². The van der Waals surface area contributed by atoms with E-state index in [1.54, 1.807) is 13.8 Å². The normalized spacial score (nSPS) is 18.2. The van der Waals surface area contributed by atoms with Gasteiger partial charge < -0.3 is 25.5 Å². The van der Waals surface area contributed by atoms with Gasteiger partial charge in [0.05, 0.1) is 29.3 Å². The Morgan fingerprint density at radius 1 is 1.12 bits per heavy atom. The quantitative estimate of drug-likeness (QED) is 0.326. The molecule has 0 radical (unpaired) electrons. The van der Waals surface area contributed by atoms with Crippen LogP contribution in [0.2, 0.25) is 0 Å². The fourth-order valence-electron chi connectivity index (χ4n) is 5.91. The fraction of sp³-hybridized carbons (Fsp3) is 0.533. The molecule has 40 heavy (non-hydrogen) atoms. The summed E-state index contributed by atoms with van der Waals surface area (Å²) in [5.41, 5.74) is -0.0946. The molecule has 1 aliphatic heterocycles. The van der Waals surface area contributed by atoms with Crippen LogP contribution in [0.1, 0.15) is 74.2 Å². The Bertz CT molecular complexity index is 1430. The van der Waals surface area contributed by atoms with Gasteiger partial charge in [-0.1, -0.05) is 12.1 Å². The summed E-state index contributed by atoms with van der Waals surface area (Å²) in [5.74, 6) is -3.85. The van der Waals surface area contributed by atoms with Crippen LogP contribution in [0.4, 0.5) is 24.7 Å². The van der Waals surface area contributed by atoms with Crippen LogP contribution in [0.15, 0.2) is 24.3 Å². The molecule has 1 aliphatic carbocycles. The third-order valence-corrected chi connectivity index (χ3v) is 8.44. The van der Waals surface area contributed by atoms with Crippen molar-refractivity contribution in [2.24, 2.45) is 0 Å². The van der Waals surface area contributed by atoms with Crippen molar-refractivity contribution in [2.45, 2.75) is 83.0 Å². The molecular weight excluding hydrogens is 521 g/mol. The molecule has 7 nitrogen and oxygen atoms in total. The van der Waals surface area contributed by atoms with Crippen LogP contribution in [0.3, 0.4) is 0 Å². The maximum absolute atomic E-state index is 15.5. The number of halogens is 3. The molecule has 10 heteroatoms. The zero-order valence-corrected chi connectivity index (χ0v) is 23.4. The summed E-state index contributed by atoms with van der Waals surface area (Å²) in [6, 6.07) is 5.13. The standard InChI is InChI=1S/C30H37F3N4O3/c1-17(19-7-6-10-23(25(19)31)30(32,33)28(3,4)39)34-27-22-15-24(37-13-11-29(40,16-38)12-14-37)20-8-5-9-21(20)26(22)35-18(2)36-27/h6-7,10,15,17,38-40H,5,8-9,11-14,16H2,1-4H3,(H,34,35,36)/t17-/m1/s1. The van der Waals surface area contributed by atoms with Gasteiger partial charge in [-0.25, -0.2) is 14.4 Å². The number of aliphatic hydroxyl groups is 3. The van der Waals surface area contributed by atoms with Gasteiger partial charge in [0.2, 0.25) is 0 Å². The maximum Gasteiger partial charge on any atom is 0.303 e. The highest BCUT2D eigenvalue weighted by atomic mass is 19.3. The zero-order valence-electron chi connectivity index (χ0n) is 23.4. The lowest BCUT2D eigenvalue weighted by molar-refractivity contribution is -0.170. The smallest absolute Gasteiger partial charge is 0.303 e. The predicted octanol–water partition coefficient (Wildman–Crippen LogP) is 4.93. The number of alkyl halides is 2. The highest BCUT2D eigenvalue weighted by Gasteiger charge is 2.49. The average molecular weight is 559 g/mol. The van der Waals surface area contributed by atoms with E-state index >= 15 is 4.39 Å². The van der Waals surface area contributed by atoms with E-state index in [1.807, 2.05) is 6.07 Å². The highest BCUT2D eigenvalue weighted by molar-refractivity contribution is 5.96. The van der Waals surface area contributed by atoms with Crippen LogP contribution in [-0.2, 0) is 18.8 Å². The monoisotopic (exact) mass is 558 g/mol. The summed E-state index contributed by atoms with van der Waals surface area (Å²) >= 11 is 0. The van der Waals surface area contributed by atoms with E-state index < -0.39 is 34.5 Å². The van der Waals surface area contributed by atoms with Crippen molar-refractivity contribution < 1.29 is 28.5 Å². The number of benzene rings is 2. The molecule has 0 spiro atoms. The number of rotatable bonds is 7. The molecule has 2 aliphatic rings. The SMILES string of the molecule is Cc1nc(N[C@H](C)c2cccc(C(F)(F)C(C)(C)O)c2F)c2cc(N3CCC(O)(CO)CC3)c3c(c2n1)CCC3. The minimum Gasteiger partial charge on any atom is -0.393 e. The van der Waals surface area contributed by atoms with Crippen molar-refractivity contribution in [1.82, 2.24) is 9.97 Å². The van der Waals surface area contributed by atoms with Gasteiger partial charge in [-0.15, -0.1) is 0 Å². The minimum atomic E-state index is -3.79. The molecule has 5 rings (SSSR count). The van der Waals surface area contributed by atoms with Crippen molar-refractivity contribution in [3.8, 4) is 0 Å². The van der Waals surface area contributed by atoms with Crippen LogP contribution in [0, 0.1) is 12.7 Å². The van der Waals surface area contributed by atoms with E-state index in [0.717, 1.165) is 61.3 Å². The van der Waals surface area contributed by atoms with Gasteiger partial charge >= 0.3 is 5.92 Å². The van der Waals surface area contributed by atoms with Crippen molar-refractivity contribution in [1.29, 1.82) is 0 Å². The van der Waals surface area contributed by atoms with Crippen molar-refractivity contribution in [2.75, 3.05) is 29.9 Å². The van der Waals surface area contributed by atoms with E-state index in [1.165, 1.54) is 17.7 Å². The molecule has 1 atom stereocenters. The van der Waals surface area contributed by atoms with Crippen molar-refractivity contribution >= 4 is 22.4 Å². The van der Waals surface area contributed by atoms with Gasteiger partial charge in [-0.3, -0.25) is 0 Å². The molecule has 3 aromatic rings. The number of aryl methyl sites for hydroxylation is 2. The number of nitrogens with zero attached hydrogens (tertiary/aromatic N) is 3. The molecule has 2 aromatic carbocycles. The summed E-state index contributed by atoms with van der Waals surface area (Å²) < 4.78 is 45.3. The molecule has 4 N–H and O–H groups in total. The minimum absolute atomic E-state index is 0.0338. The molecule has 0 bridgehead atoms. The summed E-state index contributed by atoms with van der Waals surface area (Å²) in [5, 5.41) is 34.1. The molecule has 0 saturated carbocycles. The van der Waals surface area contributed by atoms with E-state index in [-0.39, 0.29) is 12.2 Å². The van der Waals surface area contributed by atoms with Gasteiger partial charge in [0, 0.05) is 29.7 Å². The Balaban J connectivity index is 1.55. The van der Waals surface area contributed by atoms with Gasteiger partial charge in [-0.05, 0) is 83.1 Å². The first-order chi connectivity index (χ1) is 18.8. The van der Waals surface area contributed by atoms with Crippen LogP contribution < -0.4 is 10.2 Å². The lowest BCUT2D eigenvalue weighted by atomic mass is 9.90. The molecule has 216 valence electrons. The zero-order chi connectivity index (χ0) is 29.0. The number of aromatic nitrogens is 2. The third kappa shape index (κ3) is 4.90. The van der Waals surface area contributed by atoms with Crippen molar-refractivity contribution in [3.05, 3.63) is 58.2 Å². The fourth-order valence-corrected chi connectivity index (χ4v) is 5.91. The molecular formula is C30H37F3N4O3. The van der Waals surface area contributed by atoms with E-state index in [9.17, 15) is 24.1 Å². The van der Waals surface area contributed by atoms with Crippen molar-refractivity contribution in [3.63, 3.8) is 0 Å². The molecule has 1 saturated heterocycles. The molecule has 1 fully saturated rings. The maximum atomic E-state index is 15.5. The molecule has 1 aromatic heterocycles. The second kappa shape index (κ2) is 10.2. The Kier molecular flexibility index (Phi) is 7.25. The summed E-state index contributed by atoms with van der Waals surface area (Å²) in [6.07, 6.45) is 3.67.